The van der Waals surface area contributed by atoms with Crippen LogP contribution in [-0.4, -0.2) is 32.2 Å². The molecule has 0 amide bonds. The molecular weight excluding hydrogens is 132 g/mol. The Balaban J connectivity index is 3.96. The number of carbonyl (C=O) groups excluding carboxylic acids is 1. The third-order valence-electron chi connectivity index (χ3n) is 0.894. The lowest BCUT2D eigenvalue weighted by Crippen LogP contribution is -2.15. The predicted molar refractivity (Wildman–Crippen MR) is 37.3 cm³/mol. The van der Waals surface area contributed by atoms with Gasteiger partial charge in [-0.3, -0.25) is 0 Å². The molecule has 0 aromatic rings. The fourth-order valence-corrected chi connectivity index (χ4v) is 0.368. The van der Waals surface area contributed by atoms with E-state index < -0.39 is 6.04 Å². The van der Waals surface area contributed by atoms with Gasteiger partial charge in [-0.25, -0.2) is 14.8 Å². The lowest BCUT2D eigenvalue weighted by molar-refractivity contribution is -0.141. The van der Waals surface area contributed by atoms with Crippen LogP contribution >= 0.6 is 0 Å². The molecule has 0 aromatic carbocycles. The molecule has 4 nitrogen and oxygen atoms in total. The Kier molecular flexibility index (Phi) is 4.16. The van der Waals surface area contributed by atoms with Gasteiger partial charge in [-0.15, -0.1) is 0 Å². The molecule has 0 aromatic heterocycles. The van der Waals surface area contributed by atoms with Crippen molar-refractivity contribution in [2.24, 2.45) is 9.98 Å². The lowest BCUT2D eigenvalue weighted by Gasteiger charge is -1.98. The molecule has 10 heavy (non-hydrogen) atoms. The van der Waals surface area contributed by atoms with Gasteiger partial charge in [-0.2, -0.15) is 0 Å². The zero-order valence-electron chi connectivity index (χ0n) is 6.29. The van der Waals surface area contributed by atoms with E-state index in [0.29, 0.717) is 0 Å². The number of hydrogen-bond acceptors (Lipinski definition) is 4. The van der Waals surface area contributed by atoms with Gasteiger partial charge < -0.3 is 4.74 Å². The van der Waals surface area contributed by atoms with Crippen LogP contribution in [0, 0.1) is 0 Å². The van der Waals surface area contributed by atoms with E-state index in [1.165, 1.54) is 14.2 Å². The van der Waals surface area contributed by atoms with Crippen LogP contribution in [0.2, 0.25) is 0 Å². The van der Waals surface area contributed by atoms with E-state index in [2.05, 4.69) is 20.7 Å². The zero-order chi connectivity index (χ0) is 7.98. The number of aliphatic imine (C=N–C) groups is 2. The number of hydrogen-bond donors (Lipinski definition) is 0. The fourth-order valence-electron chi connectivity index (χ4n) is 0.368. The van der Waals surface area contributed by atoms with E-state index in [9.17, 15) is 4.79 Å². The molecule has 0 spiro atoms. The van der Waals surface area contributed by atoms with Crippen molar-refractivity contribution < 1.29 is 9.53 Å². The summed E-state index contributed by atoms with van der Waals surface area (Å²) in [7, 11) is 2.85. The van der Waals surface area contributed by atoms with Gasteiger partial charge in [0.25, 0.3) is 0 Å². The maximum Gasteiger partial charge on any atom is 0.331 e. The highest BCUT2D eigenvalue weighted by atomic mass is 16.5. The van der Waals surface area contributed by atoms with Gasteiger partial charge in [0, 0.05) is 7.05 Å². The molecule has 0 N–H and O–H groups in total. The minimum atomic E-state index is -0.506. The number of nitrogens with zero attached hydrogens (tertiary/aromatic N) is 2. The third kappa shape index (κ3) is 2.99. The Hall–Kier alpha value is -1.15. The highest BCUT2D eigenvalue weighted by Crippen LogP contribution is 1.89. The molecule has 0 aliphatic heterocycles. The number of rotatable bonds is 2. The van der Waals surface area contributed by atoms with Gasteiger partial charge in [0.1, 0.15) is 0 Å². The van der Waals surface area contributed by atoms with E-state index in [1.807, 2.05) is 0 Å². The van der Waals surface area contributed by atoms with Crippen LogP contribution in [0.4, 0.5) is 0 Å². The van der Waals surface area contributed by atoms with Crippen molar-refractivity contribution in [3.63, 3.8) is 0 Å². The largest absolute Gasteiger partial charge is 0.467 e. The molecule has 1 unspecified atom stereocenters. The molecule has 0 saturated heterocycles. The van der Waals surface area contributed by atoms with Gasteiger partial charge in [0.05, 0.1) is 13.1 Å². The molecular formula is C6H10N2O2. The van der Waals surface area contributed by atoms with Crippen molar-refractivity contribution in [2.75, 3.05) is 14.2 Å². The smallest absolute Gasteiger partial charge is 0.331 e. The average Bonchev–Trinajstić information content (AvgIpc) is 1.98. The third-order valence-corrected chi connectivity index (χ3v) is 0.894. The number of ether oxygens (including phenoxy) is 1. The second kappa shape index (κ2) is 4.70. The first-order valence-corrected chi connectivity index (χ1v) is 2.84. The first-order valence-electron chi connectivity index (χ1n) is 2.84. The summed E-state index contributed by atoms with van der Waals surface area (Å²) in [5.41, 5.74) is 0. The second-order valence-electron chi connectivity index (χ2n) is 1.65. The molecule has 0 saturated carbocycles. The summed E-state index contributed by atoms with van der Waals surface area (Å²) in [6.45, 7) is 1.62. The van der Waals surface area contributed by atoms with Crippen molar-refractivity contribution in [1.29, 1.82) is 0 Å². The van der Waals surface area contributed by atoms with E-state index in [-0.39, 0.29) is 5.97 Å². The Bertz CT molecular complexity index is 169. The van der Waals surface area contributed by atoms with Crippen LogP contribution in [0.15, 0.2) is 9.98 Å². The highest BCUT2D eigenvalue weighted by molar-refractivity contribution is 5.76. The topological polar surface area (TPSA) is 51.0 Å². The second-order valence-corrected chi connectivity index (χ2v) is 1.65. The first kappa shape index (κ1) is 8.85. The molecule has 0 aliphatic rings. The number of carbonyl (C=O) groups is 1. The molecule has 0 heterocycles. The Morgan fingerprint density at radius 1 is 1.70 bits per heavy atom. The summed E-state index contributed by atoms with van der Waals surface area (Å²) in [4.78, 5) is 17.7. The summed E-state index contributed by atoms with van der Waals surface area (Å²) >= 11 is 0. The molecule has 56 valence electrons. The molecule has 0 bridgehead atoms. The minimum absolute atomic E-state index is 0.379. The summed E-state index contributed by atoms with van der Waals surface area (Å²) in [6.07, 6.45) is 0. The van der Waals surface area contributed by atoms with E-state index in [4.69, 9.17) is 0 Å². The summed E-state index contributed by atoms with van der Waals surface area (Å²) in [6, 6.07) is 1.81. The Morgan fingerprint density at radius 3 is 2.70 bits per heavy atom. The van der Waals surface area contributed by atoms with Crippen molar-refractivity contribution >= 4 is 12.0 Å². The fraction of sp³-hybridized carbons (Fsp3) is 0.667. The van der Waals surface area contributed by atoms with Crippen LogP contribution in [0.3, 0.4) is 0 Å². The summed E-state index contributed by atoms with van der Waals surface area (Å²) < 4.78 is 4.39. The van der Waals surface area contributed by atoms with Gasteiger partial charge in [-0.05, 0) is 6.92 Å². The standard InChI is InChI=1S/C6H10N2O2/c1-5(6(9)10-3)8-4-7-2/h5H,1-3H3. The average molecular weight is 142 g/mol. The summed E-state index contributed by atoms with van der Waals surface area (Å²) in [5, 5.41) is 0. The van der Waals surface area contributed by atoms with Crippen molar-refractivity contribution in [1.82, 2.24) is 0 Å². The van der Waals surface area contributed by atoms with E-state index in [0.717, 1.165) is 0 Å². The molecule has 4 heteroatoms. The lowest BCUT2D eigenvalue weighted by atomic mass is 10.4. The number of methoxy groups -OCH3 is 1. The summed E-state index contributed by atoms with van der Waals surface area (Å²) in [5.74, 6) is -0.379. The van der Waals surface area contributed by atoms with Crippen molar-refractivity contribution in [3.05, 3.63) is 0 Å². The highest BCUT2D eigenvalue weighted by Gasteiger charge is 2.09. The predicted octanol–water partition coefficient (Wildman–Crippen LogP) is 0.352. The van der Waals surface area contributed by atoms with Crippen LogP contribution in [0.1, 0.15) is 6.92 Å². The SMILES string of the molecule is CN=C=NC(C)C(=O)OC. The zero-order valence-corrected chi connectivity index (χ0v) is 6.29. The van der Waals surface area contributed by atoms with Crippen LogP contribution in [0.25, 0.3) is 0 Å². The number of esters is 1. The van der Waals surface area contributed by atoms with Gasteiger partial charge >= 0.3 is 5.97 Å². The first-order chi connectivity index (χ1) is 4.72. The molecule has 1 atom stereocenters. The molecule has 0 fully saturated rings. The Morgan fingerprint density at radius 2 is 2.30 bits per heavy atom. The van der Waals surface area contributed by atoms with Crippen LogP contribution < -0.4 is 0 Å². The van der Waals surface area contributed by atoms with Crippen molar-refractivity contribution in [2.45, 2.75) is 13.0 Å². The molecule has 0 radical (unpaired) electrons. The molecule has 0 rings (SSSR count). The normalized spacial score (nSPS) is 11.1. The maximum absolute atomic E-state index is 10.6. The quantitative estimate of drug-likeness (QED) is 0.412. The van der Waals surface area contributed by atoms with Crippen molar-refractivity contribution in [3.8, 4) is 0 Å². The van der Waals surface area contributed by atoms with Crippen LogP contribution in [0.5, 0.6) is 0 Å². The Labute approximate surface area is 59.6 Å². The van der Waals surface area contributed by atoms with E-state index >= 15 is 0 Å². The minimum Gasteiger partial charge on any atom is -0.467 e. The molecule has 0 aliphatic carbocycles. The maximum atomic E-state index is 10.6. The van der Waals surface area contributed by atoms with Crippen LogP contribution in [-0.2, 0) is 9.53 Å². The van der Waals surface area contributed by atoms with Gasteiger partial charge in [0.15, 0.2) is 6.04 Å². The van der Waals surface area contributed by atoms with Gasteiger partial charge in [-0.1, -0.05) is 0 Å². The monoisotopic (exact) mass is 142 g/mol. The van der Waals surface area contributed by atoms with Gasteiger partial charge in [0.2, 0.25) is 0 Å². The van der Waals surface area contributed by atoms with E-state index in [1.54, 1.807) is 6.92 Å².